The molecule has 0 fully saturated rings. The van der Waals surface area contributed by atoms with Crippen molar-refractivity contribution < 1.29 is 14.3 Å². The van der Waals surface area contributed by atoms with Gasteiger partial charge in [0.25, 0.3) is 0 Å². The van der Waals surface area contributed by atoms with Gasteiger partial charge in [0.1, 0.15) is 5.82 Å². The summed E-state index contributed by atoms with van der Waals surface area (Å²) in [5.41, 5.74) is 1.97. The molecule has 0 atom stereocenters. The molecular weight excluding hydrogens is 243 g/mol. The molecule has 0 aliphatic heterocycles. The summed E-state index contributed by atoms with van der Waals surface area (Å²) in [5.74, 6) is -1.30. The molecule has 0 heterocycles. The number of aryl methyl sites for hydroxylation is 1. The van der Waals surface area contributed by atoms with Gasteiger partial charge in [-0.15, -0.1) is 0 Å². The molecule has 0 bridgehead atoms. The second-order valence-electron chi connectivity index (χ2n) is 4.24. The minimum absolute atomic E-state index is 0.187. The van der Waals surface area contributed by atoms with Gasteiger partial charge < -0.3 is 5.11 Å². The fraction of sp³-hybridized carbons (Fsp3) is 0.0625. The zero-order valence-electron chi connectivity index (χ0n) is 10.4. The summed E-state index contributed by atoms with van der Waals surface area (Å²) in [4.78, 5) is 11.3. The first kappa shape index (κ1) is 13.0. The molecule has 0 radical (unpaired) electrons. The van der Waals surface area contributed by atoms with Crippen molar-refractivity contribution in [2.24, 2.45) is 0 Å². The lowest BCUT2D eigenvalue weighted by Crippen LogP contribution is -1.99. The third-order valence-corrected chi connectivity index (χ3v) is 2.81. The summed E-state index contributed by atoms with van der Waals surface area (Å²) in [5, 5.41) is 9.27. The number of carboxylic acids is 1. The molecule has 1 N–H and O–H groups in total. The molecule has 2 aromatic carbocycles. The molecular formula is C16H13FO2. The van der Waals surface area contributed by atoms with E-state index < -0.39 is 5.97 Å². The molecule has 0 saturated heterocycles. The Balaban J connectivity index is 2.47. The van der Waals surface area contributed by atoms with Gasteiger partial charge in [0.2, 0.25) is 0 Å². The summed E-state index contributed by atoms with van der Waals surface area (Å²) in [6.45, 7) is 1.65. The Morgan fingerprint density at radius 2 is 1.84 bits per heavy atom. The van der Waals surface area contributed by atoms with Crippen LogP contribution in [0.5, 0.6) is 0 Å². The molecule has 2 nitrogen and oxygen atoms in total. The molecule has 0 unspecified atom stereocenters. The zero-order chi connectivity index (χ0) is 13.8. The van der Waals surface area contributed by atoms with E-state index >= 15 is 0 Å². The fourth-order valence-electron chi connectivity index (χ4n) is 1.81. The Kier molecular flexibility index (Phi) is 3.76. The lowest BCUT2D eigenvalue weighted by Gasteiger charge is -2.04. The van der Waals surface area contributed by atoms with Crippen LogP contribution in [0.2, 0.25) is 0 Å². The minimum atomic E-state index is -1.01. The van der Waals surface area contributed by atoms with E-state index in [1.165, 1.54) is 6.07 Å². The minimum Gasteiger partial charge on any atom is -0.478 e. The highest BCUT2D eigenvalue weighted by Crippen LogP contribution is 2.19. The fourth-order valence-corrected chi connectivity index (χ4v) is 1.81. The van der Waals surface area contributed by atoms with E-state index in [9.17, 15) is 14.3 Å². The highest BCUT2D eigenvalue weighted by molar-refractivity contribution is 6.20. The lowest BCUT2D eigenvalue weighted by molar-refractivity contribution is -0.130. The molecule has 0 spiro atoms. The van der Waals surface area contributed by atoms with Gasteiger partial charge in [-0.05, 0) is 41.8 Å². The highest BCUT2D eigenvalue weighted by Gasteiger charge is 2.10. The van der Waals surface area contributed by atoms with Crippen LogP contribution in [0.4, 0.5) is 4.39 Å². The Labute approximate surface area is 110 Å². The Morgan fingerprint density at radius 3 is 2.42 bits per heavy atom. The second-order valence-corrected chi connectivity index (χ2v) is 4.24. The number of halogens is 1. The van der Waals surface area contributed by atoms with Crippen LogP contribution in [0.1, 0.15) is 16.7 Å². The monoisotopic (exact) mass is 256 g/mol. The van der Waals surface area contributed by atoms with Crippen LogP contribution in [-0.2, 0) is 4.79 Å². The van der Waals surface area contributed by atoms with Crippen LogP contribution < -0.4 is 0 Å². The van der Waals surface area contributed by atoms with E-state index in [0.29, 0.717) is 16.7 Å². The zero-order valence-corrected chi connectivity index (χ0v) is 10.4. The molecule has 96 valence electrons. The number of rotatable bonds is 3. The van der Waals surface area contributed by atoms with E-state index in [-0.39, 0.29) is 11.4 Å². The average molecular weight is 256 g/mol. The largest absolute Gasteiger partial charge is 0.478 e. The molecule has 2 aromatic rings. The van der Waals surface area contributed by atoms with Crippen LogP contribution in [-0.4, -0.2) is 11.1 Å². The van der Waals surface area contributed by atoms with Gasteiger partial charge in [0, 0.05) is 0 Å². The van der Waals surface area contributed by atoms with Crippen LogP contribution in [0.15, 0.2) is 48.5 Å². The lowest BCUT2D eigenvalue weighted by atomic mass is 10.0. The Bertz CT molecular complexity index is 630. The Hall–Kier alpha value is -2.42. The predicted octanol–water partition coefficient (Wildman–Crippen LogP) is 3.76. The smallest absolute Gasteiger partial charge is 0.336 e. The maximum atomic E-state index is 13.2. The van der Waals surface area contributed by atoms with Gasteiger partial charge in [-0.3, -0.25) is 0 Å². The maximum absolute atomic E-state index is 13.2. The maximum Gasteiger partial charge on any atom is 0.336 e. The number of aliphatic carboxylic acids is 1. The van der Waals surface area contributed by atoms with Gasteiger partial charge in [-0.1, -0.05) is 36.4 Å². The predicted molar refractivity (Wildman–Crippen MR) is 73.1 cm³/mol. The molecule has 19 heavy (non-hydrogen) atoms. The summed E-state index contributed by atoms with van der Waals surface area (Å²) < 4.78 is 13.2. The van der Waals surface area contributed by atoms with Crippen LogP contribution in [0.25, 0.3) is 11.6 Å². The normalized spacial score (nSPS) is 11.4. The summed E-state index contributed by atoms with van der Waals surface area (Å²) >= 11 is 0. The van der Waals surface area contributed by atoms with Crippen molar-refractivity contribution in [1.82, 2.24) is 0 Å². The second kappa shape index (κ2) is 5.48. The molecule has 0 saturated carbocycles. The summed E-state index contributed by atoms with van der Waals surface area (Å²) in [6.07, 6.45) is 1.55. The van der Waals surface area contributed by atoms with Crippen LogP contribution >= 0.6 is 0 Å². The standard InChI is InChI=1S/C16H13FO2/c1-11-9-12(7-8-15(11)17)10-14(16(18)19)13-5-3-2-4-6-13/h2-10H,1H3,(H,18,19)/b14-10+. The first-order valence-electron chi connectivity index (χ1n) is 5.84. The third kappa shape index (κ3) is 3.07. The number of hydrogen-bond donors (Lipinski definition) is 1. The first-order valence-corrected chi connectivity index (χ1v) is 5.84. The van der Waals surface area contributed by atoms with Gasteiger partial charge in [0.05, 0.1) is 5.57 Å². The van der Waals surface area contributed by atoms with E-state index in [2.05, 4.69) is 0 Å². The number of benzene rings is 2. The molecule has 0 aliphatic carbocycles. The molecule has 2 rings (SSSR count). The number of hydrogen-bond acceptors (Lipinski definition) is 1. The van der Waals surface area contributed by atoms with Gasteiger partial charge in [-0.2, -0.15) is 0 Å². The number of carboxylic acid groups (broad SMARTS) is 1. The Morgan fingerprint density at radius 1 is 1.16 bits per heavy atom. The van der Waals surface area contributed by atoms with Gasteiger partial charge in [-0.25, -0.2) is 9.18 Å². The van der Waals surface area contributed by atoms with Crippen LogP contribution in [0, 0.1) is 12.7 Å². The first-order chi connectivity index (χ1) is 9.08. The van der Waals surface area contributed by atoms with E-state index in [0.717, 1.165) is 0 Å². The average Bonchev–Trinajstić information content (AvgIpc) is 2.40. The molecule has 0 aliphatic rings. The van der Waals surface area contributed by atoms with Gasteiger partial charge in [0.15, 0.2) is 0 Å². The van der Waals surface area contributed by atoms with Gasteiger partial charge >= 0.3 is 5.97 Å². The van der Waals surface area contributed by atoms with Crippen molar-refractivity contribution in [3.8, 4) is 0 Å². The van der Waals surface area contributed by atoms with Crippen molar-refractivity contribution in [3.63, 3.8) is 0 Å². The number of carbonyl (C=O) groups is 1. The molecule has 0 aromatic heterocycles. The quantitative estimate of drug-likeness (QED) is 0.670. The SMILES string of the molecule is Cc1cc(/C=C(/C(=O)O)c2ccccc2)ccc1F. The van der Waals surface area contributed by atoms with Crippen molar-refractivity contribution in [3.05, 3.63) is 71.0 Å². The van der Waals surface area contributed by atoms with Crippen molar-refractivity contribution in [2.75, 3.05) is 0 Å². The van der Waals surface area contributed by atoms with Crippen molar-refractivity contribution in [2.45, 2.75) is 6.92 Å². The summed E-state index contributed by atoms with van der Waals surface area (Å²) in [7, 11) is 0. The van der Waals surface area contributed by atoms with Crippen molar-refractivity contribution in [1.29, 1.82) is 0 Å². The molecule has 0 amide bonds. The van der Waals surface area contributed by atoms with Crippen molar-refractivity contribution >= 4 is 17.6 Å². The van der Waals surface area contributed by atoms with E-state index in [1.54, 1.807) is 49.4 Å². The van der Waals surface area contributed by atoms with E-state index in [1.807, 2.05) is 6.07 Å². The highest BCUT2D eigenvalue weighted by atomic mass is 19.1. The summed E-state index contributed by atoms with van der Waals surface area (Å²) in [6, 6.07) is 13.4. The van der Waals surface area contributed by atoms with Crippen LogP contribution in [0.3, 0.4) is 0 Å². The molecule has 3 heteroatoms. The topological polar surface area (TPSA) is 37.3 Å². The van der Waals surface area contributed by atoms with E-state index in [4.69, 9.17) is 0 Å². The third-order valence-electron chi connectivity index (χ3n) is 2.81.